The van der Waals surface area contributed by atoms with Crippen LogP contribution < -0.4 is 5.32 Å². The summed E-state index contributed by atoms with van der Waals surface area (Å²) in [4.78, 5) is 28.9. The molecule has 0 aromatic heterocycles. The van der Waals surface area contributed by atoms with Gasteiger partial charge in [-0.25, -0.2) is 0 Å². The maximum Gasteiger partial charge on any atom is 0.308 e. The van der Waals surface area contributed by atoms with Gasteiger partial charge in [0, 0.05) is 29.4 Å². The Labute approximate surface area is 456 Å². The highest BCUT2D eigenvalue weighted by Gasteiger charge is 2.50. The molecule has 0 aliphatic carbocycles. The van der Waals surface area contributed by atoms with Crippen LogP contribution in [0.5, 0.6) is 0 Å². The number of aliphatic hydroxyl groups excluding tert-OH is 1. The summed E-state index contributed by atoms with van der Waals surface area (Å²) in [7, 11) is -4.92. The van der Waals surface area contributed by atoms with Crippen LogP contribution in [0.4, 0.5) is 0 Å². The third-order valence-corrected chi connectivity index (χ3v) is 22.7. The van der Waals surface area contributed by atoms with Gasteiger partial charge in [0.1, 0.15) is 31.8 Å². The van der Waals surface area contributed by atoms with Crippen molar-refractivity contribution in [1.29, 1.82) is 0 Å². The number of hydrogen-bond donors (Lipinski definition) is 2. The van der Waals surface area contributed by atoms with Crippen LogP contribution in [-0.4, -0.2) is 118 Å². The Kier molecular flexibility index (Phi) is 35.4. The number of benzene rings is 1. The van der Waals surface area contributed by atoms with Crippen LogP contribution in [0.25, 0.3) is 0 Å². The molecule has 1 saturated heterocycles. The van der Waals surface area contributed by atoms with Crippen LogP contribution >= 0.6 is 0 Å². The minimum Gasteiger partial charge on any atom is -0.457 e. The van der Waals surface area contributed by atoms with Gasteiger partial charge in [-0.1, -0.05) is 220 Å². The van der Waals surface area contributed by atoms with Crippen molar-refractivity contribution in [3.63, 3.8) is 0 Å². The Morgan fingerprint density at radius 2 is 1.12 bits per heavy atom. The summed E-state index contributed by atoms with van der Waals surface area (Å²) in [5.74, 6) is -0.854. The summed E-state index contributed by atoms with van der Waals surface area (Å²) in [5, 5.41) is 15.4. The van der Waals surface area contributed by atoms with Crippen molar-refractivity contribution in [2.75, 3.05) is 33.4 Å². The second-order valence-electron chi connectivity index (χ2n) is 25.3. The fourth-order valence-electron chi connectivity index (χ4n) is 8.60. The van der Waals surface area contributed by atoms with E-state index in [4.69, 9.17) is 37.6 Å². The molecule has 2 N–H and O–H groups in total. The highest BCUT2D eigenvalue weighted by atomic mass is 28.4. The van der Waals surface area contributed by atoms with Crippen LogP contribution in [-0.2, 0) is 53.8 Å². The number of nitrogens with one attached hydrogen (secondary N) is 1. The van der Waals surface area contributed by atoms with Gasteiger partial charge in [-0.2, -0.15) is 0 Å². The van der Waals surface area contributed by atoms with Crippen LogP contribution in [0, 0.1) is 0 Å². The molecule has 0 radical (unpaired) electrons. The van der Waals surface area contributed by atoms with Gasteiger partial charge < -0.3 is 48.0 Å². The molecule has 12 nitrogen and oxygen atoms in total. The number of unbranched alkanes of at least 4 members (excludes halogenated alkanes) is 16. The number of carbonyl (C=O) groups excluding carboxylic acids is 2. The molecule has 1 aromatic carbocycles. The zero-order valence-corrected chi connectivity index (χ0v) is 52.7. The third-order valence-electron chi connectivity index (χ3n) is 14.8. The molecule has 1 aliphatic rings. The van der Waals surface area contributed by atoms with Crippen molar-refractivity contribution >= 4 is 36.3 Å². The lowest BCUT2D eigenvalue weighted by Crippen LogP contribution is -2.66. The van der Waals surface area contributed by atoms with Crippen LogP contribution in [0.15, 0.2) is 30.3 Å². The maximum absolute atomic E-state index is 14.5. The first-order chi connectivity index (χ1) is 35.0. The second-order valence-corrected chi connectivity index (χ2v) is 41.4. The Balaban J connectivity index is 2.42. The lowest BCUT2D eigenvalue weighted by molar-refractivity contribution is -0.276. The van der Waals surface area contributed by atoms with Gasteiger partial charge in [0.15, 0.2) is 20.7 Å². The van der Waals surface area contributed by atoms with Gasteiger partial charge in [0.05, 0.1) is 38.3 Å². The molecular formula is C59H113NO11Si3. The zero-order valence-electron chi connectivity index (χ0n) is 49.7. The zero-order chi connectivity index (χ0) is 54.9. The molecule has 1 aromatic rings. The van der Waals surface area contributed by atoms with Gasteiger partial charge in [0.2, 0.25) is 5.91 Å². The highest BCUT2D eigenvalue weighted by Crippen LogP contribution is 2.37. The summed E-state index contributed by atoms with van der Waals surface area (Å²) in [6.07, 6.45) is 17.4. The van der Waals surface area contributed by atoms with Crippen molar-refractivity contribution in [2.45, 2.75) is 295 Å². The topological polar surface area (TPSA) is 140 Å². The van der Waals surface area contributed by atoms with Gasteiger partial charge in [-0.3, -0.25) is 9.59 Å². The molecule has 0 unspecified atom stereocenters. The monoisotopic (exact) mass is 1100 g/mol. The molecule has 1 fully saturated rings. The van der Waals surface area contributed by atoms with E-state index in [1.807, 2.05) is 30.3 Å². The lowest BCUT2D eigenvalue weighted by Gasteiger charge is -2.45. The van der Waals surface area contributed by atoms with Gasteiger partial charge >= 0.3 is 5.97 Å². The maximum atomic E-state index is 14.5. The fraction of sp³-hybridized carbons (Fsp3) is 0.864. The van der Waals surface area contributed by atoms with Crippen molar-refractivity contribution in [2.24, 2.45) is 0 Å². The summed E-state index contributed by atoms with van der Waals surface area (Å²) < 4.78 is 50.8. The quantitative estimate of drug-likeness (QED) is 0.0279. The summed E-state index contributed by atoms with van der Waals surface area (Å²) in [6.45, 7) is 30.8. The van der Waals surface area contributed by atoms with E-state index in [1.54, 1.807) is 0 Å². The SMILES string of the molecule is CCCCCCCCCCC[C@H](CC(=O)N[C@H]1[C@H](OCc2ccccc2)O[C@H](CO[Si](C)(C)C(C)(C)C)[C@@H](O)[C@@H]1OC(=O)C[C@@H](CCCCCCCCCCC)OCOCC[Si](C)(C)C)OCOCC[Si](C)(C)C. The molecule has 7 atom stereocenters. The summed E-state index contributed by atoms with van der Waals surface area (Å²) in [5.41, 5.74) is 0.905. The van der Waals surface area contributed by atoms with E-state index < -0.39 is 73.3 Å². The average molecular weight is 1100 g/mol. The molecule has 1 amide bonds. The summed E-state index contributed by atoms with van der Waals surface area (Å²) in [6, 6.07) is 10.7. The number of amides is 1. The number of aliphatic hydroxyl groups is 1. The van der Waals surface area contributed by atoms with E-state index in [0.717, 1.165) is 56.2 Å². The Bertz CT molecular complexity index is 1570. The Morgan fingerprint density at radius 1 is 0.662 bits per heavy atom. The van der Waals surface area contributed by atoms with Crippen LogP contribution in [0.1, 0.15) is 181 Å². The molecule has 1 aliphatic heterocycles. The summed E-state index contributed by atoms with van der Waals surface area (Å²) >= 11 is 0. The molecule has 0 bridgehead atoms. The van der Waals surface area contributed by atoms with Gasteiger partial charge in [0.25, 0.3) is 0 Å². The molecule has 2 rings (SSSR count). The normalized spacial score (nSPS) is 19.6. The Morgan fingerprint density at radius 3 is 1.58 bits per heavy atom. The smallest absolute Gasteiger partial charge is 0.308 e. The standard InChI is InChI=1S/C59H113NO11Si3/c1-14-16-18-20-22-24-26-28-33-37-50(67-47-64-39-41-72(6,7)8)43-53(61)60-55-57(56(63)52(46-69-74(12,13)59(3,4)5)70-58(55)66-45-49-35-31-30-32-36-49)71-54(62)44-51(68-48-65-40-42-73(9,10)11)38-34-29-27-25-23-21-19-17-15-2/h30-32,35-36,50-52,55-58,63H,14-29,33-34,37-48H2,1-13H3,(H,60,61)/t50-,51-,52-,55-,56-,57-,58-/m1/s1. The first-order valence-corrected chi connectivity index (χ1v) is 39.9. The van der Waals surface area contributed by atoms with Crippen molar-refractivity contribution < 1.29 is 52.3 Å². The lowest BCUT2D eigenvalue weighted by atomic mass is 9.96. The first-order valence-electron chi connectivity index (χ1n) is 29.6. The van der Waals surface area contributed by atoms with E-state index in [2.05, 4.69) is 92.3 Å². The van der Waals surface area contributed by atoms with Crippen LogP contribution in [0.3, 0.4) is 0 Å². The van der Waals surface area contributed by atoms with Crippen LogP contribution in [0.2, 0.25) is 69.5 Å². The predicted octanol–water partition coefficient (Wildman–Crippen LogP) is 14.7. The largest absolute Gasteiger partial charge is 0.457 e. The molecule has 74 heavy (non-hydrogen) atoms. The van der Waals surface area contributed by atoms with Crippen molar-refractivity contribution in [3.05, 3.63) is 35.9 Å². The van der Waals surface area contributed by atoms with E-state index in [1.165, 1.54) is 77.0 Å². The van der Waals surface area contributed by atoms with Crippen molar-refractivity contribution in [1.82, 2.24) is 5.32 Å². The van der Waals surface area contributed by atoms with E-state index in [0.29, 0.717) is 26.1 Å². The number of hydrogen-bond acceptors (Lipinski definition) is 11. The Hall–Kier alpha value is -1.51. The fourth-order valence-corrected chi connectivity index (χ4v) is 11.1. The van der Waals surface area contributed by atoms with E-state index in [-0.39, 0.29) is 50.6 Å². The van der Waals surface area contributed by atoms with E-state index >= 15 is 0 Å². The second kappa shape index (κ2) is 38.2. The van der Waals surface area contributed by atoms with E-state index in [9.17, 15) is 14.7 Å². The minimum atomic E-state index is -2.32. The molecule has 432 valence electrons. The van der Waals surface area contributed by atoms with Crippen molar-refractivity contribution in [3.8, 4) is 0 Å². The molecule has 1 heterocycles. The number of carbonyl (C=O) groups is 2. The number of ether oxygens (including phenoxy) is 7. The average Bonchev–Trinajstić information content (AvgIpc) is 3.32. The molecule has 15 heteroatoms. The molecule has 0 saturated carbocycles. The highest BCUT2D eigenvalue weighted by molar-refractivity contribution is 6.76. The first kappa shape index (κ1) is 68.6. The molecular weight excluding hydrogens is 983 g/mol. The number of esters is 1. The van der Waals surface area contributed by atoms with Gasteiger partial charge in [-0.15, -0.1) is 0 Å². The number of rotatable bonds is 44. The van der Waals surface area contributed by atoms with Gasteiger partial charge in [-0.05, 0) is 48.6 Å². The predicted molar refractivity (Wildman–Crippen MR) is 311 cm³/mol. The minimum absolute atomic E-state index is 0.0355. The third kappa shape index (κ3) is 32.4. The molecule has 0 spiro atoms.